The zero-order valence-corrected chi connectivity index (χ0v) is 17.8. The molecule has 13 nitrogen and oxygen atoms in total. The second-order valence-electron chi connectivity index (χ2n) is 7.04. The number of carbonyl (C=O) groups excluding carboxylic acids is 1. The highest BCUT2D eigenvalue weighted by molar-refractivity contribution is 7.09. The largest absolute Gasteiger partial charge is 0.390 e. The van der Waals surface area contributed by atoms with Crippen LogP contribution in [-0.4, -0.2) is 73.7 Å². The summed E-state index contributed by atoms with van der Waals surface area (Å²) in [5, 5.41) is 15.9. The molecule has 0 saturated carbocycles. The van der Waals surface area contributed by atoms with Gasteiger partial charge in [0.25, 0.3) is 5.56 Å². The Labute approximate surface area is 185 Å². The van der Waals surface area contributed by atoms with Crippen molar-refractivity contribution in [2.24, 2.45) is 0 Å². The second kappa shape index (κ2) is 10.0. The minimum atomic E-state index is -0.769. The number of rotatable bonds is 10. The van der Waals surface area contributed by atoms with E-state index in [4.69, 9.17) is 10.5 Å². The number of carbonyl (C=O) groups is 1. The Bertz CT molecular complexity index is 1170. The number of hydrogen-bond acceptors (Lipinski definition) is 9. The Morgan fingerprint density at radius 1 is 1.53 bits per heavy atom. The molecular formula is C18H23N8O5P. The van der Waals surface area contributed by atoms with Crippen molar-refractivity contribution in [3.8, 4) is 0 Å². The Morgan fingerprint density at radius 3 is 3.25 bits per heavy atom. The van der Waals surface area contributed by atoms with Crippen LogP contribution in [0.2, 0.25) is 0 Å². The number of aliphatic hydroxyl groups excluding tert-OH is 1. The smallest absolute Gasteiger partial charge is 0.280 e. The van der Waals surface area contributed by atoms with Crippen LogP contribution in [-0.2, 0) is 14.1 Å². The first-order chi connectivity index (χ1) is 16.0. The van der Waals surface area contributed by atoms with E-state index in [0.717, 1.165) is 0 Å². The number of imidazole rings is 2. The topological polar surface area (TPSA) is 172 Å². The molecule has 1 amide bonds. The van der Waals surface area contributed by atoms with Crippen LogP contribution in [0.15, 0.2) is 29.7 Å². The number of anilines is 1. The fraction of sp³-hybridized carbons (Fsp3) is 0.389. The third-order valence-electron chi connectivity index (χ3n) is 4.84. The van der Waals surface area contributed by atoms with Crippen molar-refractivity contribution in [2.75, 3.05) is 25.0 Å². The van der Waals surface area contributed by atoms with Crippen molar-refractivity contribution in [1.82, 2.24) is 34.8 Å². The SMILES string of the molecule is [3H]POCC1OC(n2cnc3c(=O)[nH]c(NCCNC(=O)C=Cc4cnc[nH]4)nc32)CC1O. The first-order valence-corrected chi connectivity index (χ1v) is 10.2. The fourth-order valence-corrected chi connectivity index (χ4v) is 3.45. The molecule has 4 atom stereocenters. The molecule has 0 aliphatic carbocycles. The number of aromatic amines is 2. The van der Waals surface area contributed by atoms with Gasteiger partial charge in [-0.15, -0.1) is 0 Å². The number of H-pyrrole nitrogens is 2. The maximum Gasteiger partial charge on any atom is 0.280 e. The van der Waals surface area contributed by atoms with Gasteiger partial charge in [0, 0.05) is 35.0 Å². The third-order valence-corrected chi connectivity index (χ3v) is 5.01. The van der Waals surface area contributed by atoms with E-state index in [0.29, 0.717) is 24.4 Å². The van der Waals surface area contributed by atoms with Crippen LogP contribution >= 0.6 is 9.41 Å². The maximum absolute atomic E-state index is 12.4. The molecular weight excluding hydrogens is 439 g/mol. The van der Waals surface area contributed by atoms with Crippen molar-refractivity contribution in [3.05, 3.63) is 41.0 Å². The van der Waals surface area contributed by atoms with E-state index in [2.05, 4.69) is 35.6 Å². The first kappa shape index (κ1) is 20.8. The minimum Gasteiger partial charge on any atom is -0.390 e. The fourth-order valence-electron chi connectivity index (χ4n) is 3.29. The summed E-state index contributed by atoms with van der Waals surface area (Å²) in [4.78, 5) is 42.1. The summed E-state index contributed by atoms with van der Waals surface area (Å²) in [5.41, 5.74) is 0.725. The zero-order chi connectivity index (χ0) is 23.2. The molecule has 1 saturated heterocycles. The number of fused-ring (bicyclic) bond motifs is 1. The lowest BCUT2D eigenvalue weighted by Gasteiger charge is -2.15. The highest BCUT2D eigenvalue weighted by Gasteiger charge is 2.35. The molecule has 4 unspecified atom stereocenters. The molecule has 3 aromatic heterocycles. The van der Waals surface area contributed by atoms with Crippen molar-refractivity contribution < 1.29 is 19.2 Å². The molecule has 0 aromatic carbocycles. The van der Waals surface area contributed by atoms with Crippen LogP contribution in [0, 0.1) is 0 Å². The summed E-state index contributed by atoms with van der Waals surface area (Å²) < 4.78 is 19.5. The molecule has 0 radical (unpaired) electrons. The van der Waals surface area contributed by atoms with Gasteiger partial charge in [-0.25, -0.2) is 9.97 Å². The lowest BCUT2D eigenvalue weighted by atomic mass is 10.2. The monoisotopic (exact) mass is 464 g/mol. The molecule has 32 heavy (non-hydrogen) atoms. The van der Waals surface area contributed by atoms with Gasteiger partial charge in [-0.2, -0.15) is 4.98 Å². The van der Waals surface area contributed by atoms with Crippen molar-refractivity contribution in [2.45, 2.75) is 24.9 Å². The van der Waals surface area contributed by atoms with Gasteiger partial charge in [-0.3, -0.25) is 19.1 Å². The lowest BCUT2D eigenvalue weighted by Crippen LogP contribution is -2.28. The zero-order valence-electron chi connectivity index (χ0n) is 17.8. The highest BCUT2D eigenvalue weighted by Crippen LogP contribution is 2.30. The quantitative estimate of drug-likeness (QED) is 0.151. The molecule has 5 N–H and O–H groups in total. The molecule has 170 valence electrons. The summed E-state index contributed by atoms with van der Waals surface area (Å²) in [5.74, 6) is -0.0619. The number of aromatic nitrogens is 6. The van der Waals surface area contributed by atoms with Gasteiger partial charge in [0.05, 0.1) is 38.5 Å². The van der Waals surface area contributed by atoms with Crippen molar-refractivity contribution in [3.63, 3.8) is 0 Å². The van der Waals surface area contributed by atoms with E-state index in [1.54, 1.807) is 16.8 Å². The van der Waals surface area contributed by atoms with Gasteiger partial charge in [0.2, 0.25) is 11.9 Å². The molecule has 3 aromatic rings. The van der Waals surface area contributed by atoms with E-state index in [1.165, 1.54) is 18.7 Å². The molecule has 0 bridgehead atoms. The number of aliphatic hydroxyl groups is 1. The molecule has 14 heteroatoms. The van der Waals surface area contributed by atoms with E-state index in [-0.39, 0.29) is 30.4 Å². The van der Waals surface area contributed by atoms with E-state index in [9.17, 15) is 14.7 Å². The Balaban J connectivity index is 1.36. The number of amides is 1. The predicted molar refractivity (Wildman–Crippen MR) is 117 cm³/mol. The van der Waals surface area contributed by atoms with Crippen LogP contribution < -0.4 is 16.2 Å². The lowest BCUT2D eigenvalue weighted by molar-refractivity contribution is -0.116. The van der Waals surface area contributed by atoms with Crippen molar-refractivity contribution in [1.29, 1.82) is 1.28 Å². The van der Waals surface area contributed by atoms with Gasteiger partial charge in [-0.05, 0) is 6.08 Å². The average Bonchev–Trinajstić information content (AvgIpc) is 3.54. The number of hydrogen-bond donors (Lipinski definition) is 5. The van der Waals surface area contributed by atoms with Crippen LogP contribution in [0.3, 0.4) is 0 Å². The van der Waals surface area contributed by atoms with E-state index in [1.807, 2.05) is 0 Å². The third kappa shape index (κ3) is 5.02. The van der Waals surface area contributed by atoms with Gasteiger partial charge < -0.3 is 30.0 Å². The molecule has 0 spiro atoms. The van der Waals surface area contributed by atoms with Gasteiger partial charge >= 0.3 is 0 Å². The molecule has 4 heterocycles. The normalized spacial score (nSPS) is 21.7. The standard InChI is InChI=1S/C18H23N8O5P/c27-11-5-14(31-12(11)7-30-32)26-9-23-15-16(26)24-18(25-17(15)29)21-4-3-20-13(28)2-1-10-6-19-8-22-10/h1-2,6,8-9,11-12,14,27H,3-5,7,32H2,(H,19,22)(H,20,28)(H2,21,24,25,29)/i32T. The second-order valence-corrected chi connectivity index (χ2v) is 7.33. The van der Waals surface area contributed by atoms with Gasteiger partial charge in [0.1, 0.15) is 12.3 Å². The Kier molecular flexibility index (Phi) is 6.49. The summed E-state index contributed by atoms with van der Waals surface area (Å²) in [6.45, 7) is 0.720. The molecule has 1 fully saturated rings. The first-order valence-electron chi connectivity index (χ1n) is 10.3. The average molecular weight is 464 g/mol. The number of ether oxygens (including phenoxy) is 1. The van der Waals surface area contributed by atoms with Gasteiger partial charge in [0.15, 0.2) is 11.2 Å². The van der Waals surface area contributed by atoms with Gasteiger partial charge in [-0.1, -0.05) is 0 Å². The summed E-state index contributed by atoms with van der Waals surface area (Å²) >= 11 is 0. The maximum atomic E-state index is 12.4. The van der Waals surface area contributed by atoms with Crippen LogP contribution in [0.5, 0.6) is 0 Å². The highest BCUT2D eigenvalue weighted by atomic mass is 31.0. The van der Waals surface area contributed by atoms with Crippen molar-refractivity contribution >= 4 is 38.5 Å². The Hall–Kier alpha value is -3.12. The number of nitrogens with zero attached hydrogens (tertiary/aromatic N) is 4. The predicted octanol–water partition coefficient (Wildman–Crippen LogP) is -0.461. The van der Waals surface area contributed by atoms with Crippen LogP contribution in [0.25, 0.3) is 17.2 Å². The van der Waals surface area contributed by atoms with Crippen LogP contribution in [0.1, 0.15) is 18.3 Å². The minimum absolute atomic E-state index is 0.107. The number of nitrogens with one attached hydrogen (secondary N) is 4. The van der Waals surface area contributed by atoms with Crippen LogP contribution in [0.4, 0.5) is 5.95 Å². The van der Waals surface area contributed by atoms with E-state index < -0.39 is 33.4 Å². The summed E-state index contributed by atoms with van der Waals surface area (Å²) in [6, 6.07) is 0. The molecule has 4 rings (SSSR count). The molecule has 1 aliphatic rings. The summed E-state index contributed by atoms with van der Waals surface area (Å²) in [7, 11) is -0.448. The molecule has 1 aliphatic heterocycles. The Morgan fingerprint density at radius 2 is 2.44 bits per heavy atom. The van der Waals surface area contributed by atoms with E-state index >= 15 is 0 Å². The summed E-state index contributed by atoms with van der Waals surface area (Å²) in [6.07, 6.45) is 5.91.